The quantitative estimate of drug-likeness (QED) is 0.653. The molecule has 1 aliphatic carbocycles. The van der Waals surface area contributed by atoms with Gasteiger partial charge in [0.2, 0.25) is 0 Å². The second-order valence-corrected chi connectivity index (χ2v) is 7.97. The molecule has 3 heterocycles. The third kappa shape index (κ3) is 3.44. The number of aromatic nitrogens is 5. The van der Waals surface area contributed by atoms with Crippen LogP contribution < -0.4 is 16.4 Å². The van der Waals surface area contributed by atoms with Crippen molar-refractivity contribution in [2.45, 2.75) is 57.0 Å². The highest BCUT2D eigenvalue weighted by Gasteiger charge is 2.45. The van der Waals surface area contributed by atoms with Gasteiger partial charge >= 0.3 is 6.18 Å². The molecule has 1 aliphatic heterocycles. The van der Waals surface area contributed by atoms with Crippen LogP contribution in [-0.2, 0) is 11.2 Å². The molecule has 0 spiro atoms. The summed E-state index contributed by atoms with van der Waals surface area (Å²) in [6.45, 7) is 5.80. The van der Waals surface area contributed by atoms with E-state index in [1.807, 2.05) is 13.8 Å². The molecule has 4 rings (SSSR count). The number of alkyl halides is 3. The van der Waals surface area contributed by atoms with E-state index < -0.39 is 23.1 Å². The summed E-state index contributed by atoms with van der Waals surface area (Å²) in [5, 5.41) is 18.6. The van der Waals surface area contributed by atoms with Gasteiger partial charge in [-0.15, -0.1) is 0 Å². The highest BCUT2D eigenvalue weighted by molar-refractivity contribution is 5.74. The minimum Gasteiger partial charge on any atom is -0.370 e. The molecule has 2 aliphatic rings. The van der Waals surface area contributed by atoms with Crippen LogP contribution in [0.15, 0.2) is 35.0 Å². The monoisotopic (exact) mass is 423 g/mol. The number of nitrogens with zero attached hydrogens (tertiary/aromatic N) is 6. The van der Waals surface area contributed by atoms with Crippen molar-refractivity contribution in [3.63, 3.8) is 0 Å². The zero-order valence-electron chi connectivity index (χ0n) is 16.9. The summed E-state index contributed by atoms with van der Waals surface area (Å²) >= 11 is 0. The maximum Gasteiger partial charge on any atom is 0.436 e. The van der Waals surface area contributed by atoms with Crippen molar-refractivity contribution in [2.24, 2.45) is 10.7 Å². The largest absolute Gasteiger partial charge is 0.436 e. The second kappa shape index (κ2) is 6.83. The highest BCUT2D eigenvalue weighted by atomic mass is 19.4. The van der Waals surface area contributed by atoms with Gasteiger partial charge in [-0.3, -0.25) is 10.4 Å². The SMILES string of the molecule is CCNC1=C(C(F)(F)F)N=CC(N)(c2cc(C(C)(C)n3nccn3)nn2C2CC2)N1. The third-order valence-electron chi connectivity index (χ3n) is 5.19. The summed E-state index contributed by atoms with van der Waals surface area (Å²) in [6, 6.07) is 1.92. The van der Waals surface area contributed by atoms with E-state index in [1.54, 1.807) is 30.1 Å². The van der Waals surface area contributed by atoms with Gasteiger partial charge < -0.3 is 10.6 Å². The van der Waals surface area contributed by atoms with Gasteiger partial charge in [-0.2, -0.15) is 33.3 Å². The number of hydrogen-bond donors (Lipinski definition) is 3. The molecule has 0 radical (unpaired) electrons. The molecule has 2 aromatic rings. The lowest BCUT2D eigenvalue weighted by Crippen LogP contribution is -2.57. The number of aliphatic imine (C=N–C) groups is 1. The predicted molar refractivity (Wildman–Crippen MR) is 103 cm³/mol. The van der Waals surface area contributed by atoms with E-state index >= 15 is 0 Å². The first-order chi connectivity index (χ1) is 14.1. The topological polar surface area (TPSA) is 111 Å². The van der Waals surface area contributed by atoms with Crippen molar-refractivity contribution >= 4 is 6.21 Å². The lowest BCUT2D eigenvalue weighted by Gasteiger charge is -2.34. The smallest absolute Gasteiger partial charge is 0.370 e. The van der Waals surface area contributed by atoms with E-state index in [0.717, 1.165) is 19.1 Å². The number of nitrogens with two attached hydrogens (primary N) is 1. The van der Waals surface area contributed by atoms with E-state index in [1.165, 1.54) is 4.80 Å². The summed E-state index contributed by atoms with van der Waals surface area (Å²) in [6.07, 6.45) is 1.48. The van der Waals surface area contributed by atoms with Crippen molar-refractivity contribution in [3.8, 4) is 0 Å². The third-order valence-corrected chi connectivity index (χ3v) is 5.19. The summed E-state index contributed by atoms with van der Waals surface area (Å²) in [4.78, 5) is 5.22. The van der Waals surface area contributed by atoms with Gasteiger partial charge in [0.25, 0.3) is 0 Å². The van der Waals surface area contributed by atoms with Gasteiger partial charge in [0.05, 0.1) is 36.0 Å². The van der Waals surface area contributed by atoms with Gasteiger partial charge in [-0.1, -0.05) is 0 Å². The van der Waals surface area contributed by atoms with E-state index in [-0.39, 0.29) is 18.4 Å². The van der Waals surface area contributed by atoms with Crippen molar-refractivity contribution < 1.29 is 13.2 Å². The standard InChI is InChI=1S/C18H24F3N9/c1-4-23-15-14(18(19,20)21)24-10-17(22,27-15)13-9-12(28-29(13)11-5-6-11)16(2,3)30-25-7-8-26-30/h7-11,23,27H,4-6,22H2,1-3H3. The molecular formula is C18H24F3N9. The van der Waals surface area contributed by atoms with E-state index in [9.17, 15) is 13.2 Å². The van der Waals surface area contributed by atoms with E-state index in [0.29, 0.717) is 11.4 Å². The van der Waals surface area contributed by atoms with Crippen LogP contribution in [0.3, 0.4) is 0 Å². The fourth-order valence-corrected chi connectivity index (χ4v) is 3.39. The first-order valence-corrected chi connectivity index (χ1v) is 9.71. The fourth-order valence-electron chi connectivity index (χ4n) is 3.39. The summed E-state index contributed by atoms with van der Waals surface area (Å²) in [5.74, 6) is -0.256. The number of nitrogens with one attached hydrogen (secondary N) is 2. The molecule has 1 unspecified atom stereocenters. The van der Waals surface area contributed by atoms with Gasteiger partial charge in [0, 0.05) is 6.54 Å². The lowest BCUT2D eigenvalue weighted by molar-refractivity contribution is -0.0943. The zero-order chi connectivity index (χ0) is 21.7. The molecule has 0 saturated heterocycles. The highest BCUT2D eigenvalue weighted by Crippen LogP contribution is 2.40. The Balaban J connectivity index is 1.76. The molecule has 0 bridgehead atoms. The molecule has 1 saturated carbocycles. The van der Waals surface area contributed by atoms with Crippen LogP contribution >= 0.6 is 0 Å². The molecule has 9 nitrogen and oxygen atoms in total. The van der Waals surface area contributed by atoms with Crippen LogP contribution in [0, 0.1) is 0 Å². The molecule has 0 aromatic carbocycles. The summed E-state index contributed by atoms with van der Waals surface area (Å²) in [7, 11) is 0. The number of halogens is 3. The van der Waals surface area contributed by atoms with Crippen molar-refractivity contribution in [2.75, 3.05) is 6.54 Å². The number of allylic oxidation sites excluding steroid dienone is 1. The molecular weight excluding hydrogens is 399 g/mol. The van der Waals surface area contributed by atoms with Gasteiger partial charge in [0.15, 0.2) is 11.4 Å². The Bertz CT molecular complexity index is 983. The van der Waals surface area contributed by atoms with Crippen molar-refractivity contribution in [1.82, 2.24) is 35.4 Å². The predicted octanol–water partition coefficient (Wildman–Crippen LogP) is 1.72. The Morgan fingerprint density at radius 1 is 1.27 bits per heavy atom. The van der Waals surface area contributed by atoms with Gasteiger partial charge in [-0.25, -0.2) is 4.99 Å². The minimum atomic E-state index is -4.61. The van der Waals surface area contributed by atoms with E-state index in [2.05, 4.69) is 25.8 Å². The van der Waals surface area contributed by atoms with Crippen LogP contribution in [0.5, 0.6) is 0 Å². The Hall–Kier alpha value is -2.89. The van der Waals surface area contributed by atoms with Crippen molar-refractivity contribution in [1.29, 1.82) is 0 Å². The average Bonchev–Trinajstić information content (AvgIpc) is 3.17. The van der Waals surface area contributed by atoms with Crippen LogP contribution in [0.1, 0.15) is 51.0 Å². The van der Waals surface area contributed by atoms with Crippen LogP contribution in [0.4, 0.5) is 13.2 Å². The first kappa shape index (κ1) is 20.4. The summed E-state index contributed by atoms with van der Waals surface area (Å²) in [5.41, 5.74) is 4.54. The zero-order valence-corrected chi connectivity index (χ0v) is 16.9. The maximum absolute atomic E-state index is 13.4. The molecule has 1 fully saturated rings. The molecule has 12 heteroatoms. The average molecular weight is 423 g/mol. The first-order valence-electron chi connectivity index (χ1n) is 9.71. The Kier molecular flexibility index (Phi) is 4.64. The Labute approximate surface area is 171 Å². The number of rotatable bonds is 6. The lowest BCUT2D eigenvalue weighted by atomic mass is 9.99. The van der Waals surface area contributed by atoms with Crippen LogP contribution in [-0.4, -0.2) is 43.7 Å². The Morgan fingerprint density at radius 2 is 1.93 bits per heavy atom. The second-order valence-electron chi connectivity index (χ2n) is 7.97. The maximum atomic E-state index is 13.4. The van der Waals surface area contributed by atoms with Crippen LogP contribution in [0.2, 0.25) is 0 Å². The Morgan fingerprint density at radius 3 is 2.50 bits per heavy atom. The van der Waals surface area contributed by atoms with Crippen molar-refractivity contribution in [3.05, 3.63) is 41.4 Å². The number of hydrogen-bond acceptors (Lipinski definition) is 7. The molecule has 162 valence electrons. The van der Waals surface area contributed by atoms with E-state index in [4.69, 9.17) is 10.8 Å². The normalized spacial score (nSPS) is 22.4. The molecule has 0 amide bonds. The molecule has 2 aromatic heterocycles. The van der Waals surface area contributed by atoms with Gasteiger partial charge in [0.1, 0.15) is 11.4 Å². The molecule has 4 N–H and O–H groups in total. The van der Waals surface area contributed by atoms with Crippen LogP contribution in [0.25, 0.3) is 0 Å². The molecule has 30 heavy (non-hydrogen) atoms. The summed E-state index contributed by atoms with van der Waals surface area (Å²) < 4.78 is 41.9. The van der Waals surface area contributed by atoms with Gasteiger partial charge in [-0.05, 0) is 39.7 Å². The minimum absolute atomic E-state index is 0.140. The fraction of sp³-hybridized carbons (Fsp3) is 0.556. The molecule has 1 atom stereocenters.